The number of hydrogen-bond acceptors (Lipinski definition) is 5. The van der Waals surface area contributed by atoms with E-state index in [1.54, 1.807) is 13.0 Å². The fourth-order valence-corrected chi connectivity index (χ4v) is 1.73. The number of nitrogens with one attached hydrogen (secondary N) is 1. The van der Waals surface area contributed by atoms with Crippen LogP contribution < -0.4 is 5.32 Å². The average Bonchev–Trinajstić information content (AvgIpc) is 2.75. The number of nitrogens with zero attached hydrogens (tertiary/aromatic N) is 2. The largest absolute Gasteiger partial charge is 0.345 e. The monoisotopic (exact) mass is 263 g/mol. The van der Waals surface area contributed by atoms with Gasteiger partial charge < -0.3 is 9.84 Å². The van der Waals surface area contributed by atoms with Crippen LogP contribution in [0.3, 0.4) is 0 Å². The molecule has 0 saturated heterocycles. The maximum absolute atomic E-state index is 12.0. The van der Waals surface area contributed by atoms with Crippen LogP contribution >= 0.6 is 12.6 Å². The van der Waals surface area contributed by atoms with Crippen molar-refractivity contribution < 1.29 is 9.32 Å². The van der Waals surface area contributed by atoms with Crippen LogP contribution in [0, 0.1) is 13.8 Å². The molecular weight excluding hydrogens is 250 g/mol. The van der Waals surface area contributed by atoms with E-state index in [9.17, 15) is 4.79 Å². The van der Waals surface area contributed by atoms with E-state index in [0.717, 1.165) is 10.5 Å². The van der Waals surface area contributed by atoms with Gasteiger partial charge >= 0.3 is 0 Å². The fourth-order valence-electron chi connectivity index (χ4n) is 1.52. The van der Waals surface area contributed by atoms with Crippen molar-refractivity contribution in [3.63, 3.8) is 0 Å². The molecule has 0 aliphatic heterocycles. The number of carbonyl (C=O) groups excluding carboxylic acids is 1. The van der Waals surface area contributed by atoms with Gasteiger partial charge in [-0.1, -0.05) is 11.2 Å². The molecule has 5 nitrogen and oxygen atoms in total. The Balaban J connectivity index is 2.05. The highest BCUT2D eigenvalue weighted by molar-refractivity contribution is 7.80. The molecule has 0 unspecified atom stereocenters. The summed E-state index contributed by atoms with van der Waals surface area (Å²) < 4.78 is 4.82. The number of hydrogen-bond donors (Lipinski definition) is 2. The number of rotatable bonds is 3. The van der Waals surface area contributed by atoms with Gasteiger partial charge in [-0.05, 0) is 24.6 Å². The van der Waals surface area contributed by atoms with Gasteiger partial charge in [0.15, 0.2) is 5.82 Å². The SMILES string of the molecule is Cc1nc(CNC(=O)c2cc(S)ccc2C)no1. The molecule has 0 atom stereocenters. The van der Waals surface area contributed by atoms with Crippen molar-refractivity contribution in [2.24, 2.45) is 0 Å². The second-order valence-corrected chi connectivity index (χ2v) is 4.43. The van der Waals surface area contributed by atoms with Crippen molar-refractivity contribution in [3.05, 3.63) is 41.0 Å². The zero-order valence-electron chi connectivity index (χ0n) is 10.1. The zero-order valence-corrected chi connectivity index (χ0v) is 11.0. The molecule has 1 amide bonds. The summed E-state index contributed by atoms with van der Waals surface area (Å²) in [4.78, 5) is 16.7. The van der Waals surface area contributed by atoms with Crippen LogP contribution in [0.5, 0.6) is 0 Å². The van der Waals surface area contributed by atoms with Crippen molar-refractivity contribution in [2.45, 2.75) is 25.3 Å². The van der Waals surface area contributed by atoms with Crippen LogP contribution in [0.2, 0.25) is 0 Å². The molecule has 1 aromatic carbocycles. The van der Waals surface area contributed by atoms with Crippen molar-refractivity contribution in [3.8, 4) is 0 Å². The summed E-state index contributed by atoms with van der Waals surface area (Å²) in [6, 6.07) is 5.43. The normalized spacial score (nSPS) is 10.4. The lowest BCUT2D eigenvalue weighted by atomic mass is 10.1. The van der Waals surface area contributed by atoms with Gasteiger partial charge in [0.25, 0.3) is 5.91 Å². The zero-order chi connectivity index (χ0) is 13.1. The lowest BCUT2D eigenvalue weighted by Crippen LogP contribution is -2.24. The first-order valence-corrected chi connectivity index (χ1v) is 5.88. The van der Waals surface area contributed by atoms with Gasteiger partial charge in [-0.25, -0.2) is 0 Å². The standard InChI is InChI=1S/C12H13N3O2S/c1-7-3-4-9(18)5-10(7)12(16)13-6-11-14-8(2)17-15-11/h3-5,18H,6H2,1-2H3,(H,13,16). The second kappa shape index (κ2) is 5.22. The Kier molecular flexibility index (Phi) is 3.66. The number of benzene rings is 1. The molecule has 0 radical (unpaired) electrons. The molecule has 0 saturated carbocycles. The molecule has 0 aliphatic carbocycles. The third-order valence-electron chi connectivity index (χ3n) is 2.44. The Bertz CT molecular complexity index is 580. The third kappa shape index (κ3) is 2.89. The molecule has 0 fully saturated rings. The summed E-state index contributed by atoms with van der Waals surface area (Å²) in [6.07, 6.45) is 0. The second-order valence-electron chi connectivity index (χ2n) is 3.91. The Morgan fingerprint density at radius 1 is 1.44 bits per heavy atom. The summed E-state index contributed by atoms with van der Waals surface area (Å²) >= 11 is 4.22. The quantitative estimate of drug-likeness (QED) is 0.830. The van der Waals surface area contributed by atoms with Gasteiger partial charge in [0.2, 0.25) is 5.89 Å². The topological polar surface area (TPSA) is 68.0 Å². The first-order valence-electron chi connectivity index (χ1n) is 5.43. The molecule has 1 aromatic heterocycles. The van der Waals surface area contributed by atoms with Gasteiger partial charge in [0.1, 0.15) is 0 Å². The molecule has 0 bridgehead atoms. The van der Waals surface area contributed by atoms with E-state index in [1.807, 2.05) is 19.1 Å². The molecule has 94 valence electrons. The van der Waals surface area contributed by atoms with Crippen molar-refractivity contribution in [2.75, 3.05) is 0 Å². The number of amides is 1. The highest BCUT2D eigenvalue weighted by Crippen LogP contribution is 2.13. The predicted molar refractivity (Wildman–Crippen MR) is 68.6 cm³/mol. The summed E-state index contributed by atoms with van der Waals surface area (Å²) in [5.41, 5.74) is 1.50. The van der Waals surface area contributed by atoms with E-state index >= 15 is 0 Å². The van der Waals surface area contributed by atoms with Crippen molar-refractivity contribution in [1.29, 1.82) is 0 Å². The molecule has 1 N–H and O–H groups in total. The Morgan fingerprint density at radius 2 is 2.22 bits per heavy atom. The molecule has 0 spiro atoms. The molecule has 0 aliphatic rings. The lowest BCUT2D eigenvalue weighted by molar-refractivity contribution is 0.0949. The minimum absolute atomic E-state index is 0.175. The highest BCUT2D eigenvalue weighted by Gasteiger charge is 2.10. The van der Waals surface area contributed by atoms with E-state index in [4.69, 9.17) is 4.52 Å². The first kappa shape index (κ1) is 12.6. The minimum Gasteiger partial charge on any atom is -0.345 e. The van der Waals surface area contributed by atoms with Crippen LogP contribution in [0.4, 0.5) is 0 Å². The predicted octanol–water partition coefficient (Wildman–Crippen LogP) is 1.91. The van der Waals surface area contributed by atoms with Crippen LogP contribution in [-0.2, 0) is 6.54 Å². The van der Waals surface area contributed by atoms with Crippen LogP contribution in [0.1, 0.15) is 27.6 Å². The van der Waals surface area contributed by atoms with E-state index < -0.39 is 0 Å². The Hall–Kier alpha value is -1.82. The maximum Gasteiger partial charge on any atom is 0.251 e. The van der Waals surface area contributed by atoms with Gasteiger partial charge in [-0.15, -0.1) is 12.6 Å². The van der Waals surface area contributed by atoms with E-state index in [0.29, 0.717) is 17.3 Å². The Morgan fingerprint density at radius 3 is 2.89 bits per heavy atom. The number of aryl methyl sites for hydroxylation is 2. The molecule has 18 heavy (non-hydrogen) atoms. The van der Waals surface area contributed by atoms with E-state index in [-0.39, 0.29) is 12.5 Å². The first-order chi connectivity index (χ1) is 8.56. The average molecular weight is 263 g/mol. The molecule has 6 heteroatoms. The van der Waals surface area contributed by atoms with Gasteiger partial charge in [-0.2, -0.15) is 4.98 Å². The van der Waals surface area contributed by atoms with Crippen molar-refractivity contribution >= 4 is 18.5 Å². The van der Waals surface area contributed by atoms with E-state index in [1.165, 1.54) is 0 Å². The smallest absolute Gasteiger partial charge is 0.251 e. The molecule has 2 rings (SSSR count). The van der Waals surface area contributed by atoms with Crippen LogP contribution in [0.25, 0.3) is 0 Å². The lowest BCUT2D eigenvalue weighted by Gasteiger charge is -2.06. The Labute approximate surface area is 110 Å². The summed E-state index contributed by atoms with van der Waals surface area (Å²) in [5, 5.41) is 6.44. The van der Waals surface area contributed by atoms with Gasteiger partial charge in [-0.3, -0.25) is 4.79 Å². The van der Waals surface area contributed by atoms with E-state index in [2.05, 4.69) is 28.1 Å². The number of carbonyl (C=O) groups is 1. The van der Waals surface area contributed by atoms with Gasteiger partial charge in [0.05, 0.1) is 6.54 Å². The summed E-state index contributed by atoms with van der Waals surface area (Å²) in [5.74, 6) is 0.763. The van der Waals surface area contributed by atoms with Crippen molar-refractivity contribution in [1.82, 2.24) is 15.5 Å². The number of aromatic nitrogens is 2. The maximum atomic E-state index is 12.0. The summed E-state index contributed by atoms with van der Waals surface area (Å²) in [7, 11) is 0. The minimum atomic E-state index is -0.175. The van der Waals surface area contributed by atoms with Crippen LogP contribution in [-0.4, -0.2) is 16.0 Å². The fraction of sp³-hybridized carbons (Fsp3) is 0.250. The molecular formula is C12H13N3O2S. The third-order valence-corrected chi connectivity index (χ3v) is 2.72. The van der Waals surface area contributed by atoms with Crippen LogP contribution in [0.15, 0.2) is 27.6 Å². The van der Waals surface area contributed by atoms with Gasteiger partial charge in [0, 0.05) is 17.4 Å². The highest BCUT2D eigenvalue weighted by atomic mass is 32.1. The number of thiol groups is 1. The molecule has 2 aromatic rings. The summed E-state index contributed by atoms with van der Waals surface area (Å²) in [6.45, 7) is 3.82. The molecule has 1 heterocycles.